The molecular weight excluding hydrogens is 238 g/mol. The first-order chi connectivity index (χ1) is 8.56. The van der Waals surface area contributed by atoms with E-state index in [1.807, 2.05) is 6.92 Å². The topological polar surface area (TPSA) is 42.0 Å². The van der Waals surface area contributed by atoms with E-state index in [-0.39, 0.29) is 11.6 Å². The molecule has 1 rings (SSSR count). The average molecular weight is 256 g/mol. The Labute approximate surface area is 106 Å². The first-order valence-electron chi connectivity index (χ1n) is 6.17. The van der Waals surface area contributed by atoms with Gasteiger partial charge in [-0.2, -0.15) is 4.39 Å². The van der Waals surface area contributed by atoms with E-state index in [2.05, 4.69) is 17.2 Å². The summed E-state index contributed by atoms with van der Waals surface area (Å²) in [6.07, 6.45) is 5.11. The van der Waals surface area contributed by atoms with Crippen molar-refractivity contribution in [3.63, 3.8) is 0 Å². The molecule has 3 nitrogen and oxygen atoms in total. The van der Waals surface area contributed by atoms with Gasteiger partial charge in [-0.3, -0.25) is 4.79 Å². The fourth-order valence-electron chi connectivity index (χ4n) is 1.67. The Kier molecular flexibility index (Phi) is 5.68. The molecule has 0 aliphatic rings. The van der Waals surface area contributed by atoms with E-state index in [0.717, 1.165) is 31.9 Å². The maximum absolute atomic E-state index is 13.3. The number of hydrogen-bond acceptors (Lipinski definition) is 2. The van der Waals surface area contributed by atoms with Gasteiger partial charge in [0.05, 0.1) is 5.56 Å². The van der Waals surface area contributed by atoms with Crippen molar-refractivity contribution in [2.75, 3.05) is 0 Å². The zero-order valence-corrected chi connectivity index (χ0v) is 10.7. The Morgan fingerprint density at radius 3 is 2.83 bits per heavy atom. The summed E-state index contributed by atoms with van der Waals surface area (Å²) in [5.74, 6) is -3.05. The number of nitrogens with zero attached hydrogens (tertiary/aromatic N) is 1. The van der Waals surface area contributed by atoms with Crippen LogP contribution in [-0.4, -0.2) is 16.9 Å². The van der Waals surface area contributed by atoms with Gasteiger partial charge in [-0.15, -0.1) is 0 Å². The minimum Gasteiger partial charge on any atom is -0.349 e. The summed E-state index contributed by atoms with van der Waals surface area (Å²) in [5, 5.41) is 2.65. The average Bonchev–Trinajstić information content (AvgIpc) is 2.32. The second kappa shape index (κ2) is 7.03. The number of hydrogen-bond donors (Lipinski definition) is 1. The standard InChI is InChI=1S/C13H18F2N2O/c1-3-4-5-6-9(2)17-13(18)10-7-8-16-12(15)11(10)14/h7-9H,3-6H2,1-2H3,(H,17,18). The van der Waals surface area contributed by atoms with Gasteiger partial charge in [0.2, 0.25) is 5.95 Å². The van der Waals surface area contributed by atoms with E-state index in [0.29, 0.717) is 0 Å². The molecule has 5 heteroatoms. The number of nitrogens with one attached hydrogen (secondary N) is 1. The Hall–Kier alpha value is -1.52. The van der Waals surface area contributed by atoms with Gasteiger partial charge in [0, 0.05) is 12.2 Å². The van der Waals surface area contributed by atoms with E-state index < -0.39 is 17.7 Å². The monoisotopic (exact) mass is 256 g/mol. The summed E-state index contributed by atoms with van der Waals surface area (Å²) in [5.41, 5.74) is -0.301. The van der Waals surface area contributed by atoms with E-state index in [4.69, 9.17) is 0 Å². The lowest BCUT2D eigenvalue weighted by molar-refractivity contribution is 0.0932. The summed E-state index contributed by atoms with van der Waals surface area (Å²) in [7, 11) is 0. The smallest absolute Gasteiger partial charge is 0.254 e. The molecule has 1 N–H and O–H groups in total. The van der Waals surface area contributed by atoms with Gasteiger partial charge in [-0.25, -0.2) is 9.37 Å². The molecule has 1 unspecified atom stereocenters. The fourth-order valence-corrected chi connectivity index (χ4v) is 1.67. The number of pyridine rings is 1. The van der Waals surface area contributed by atoms with Crippen molar-refractivity contribution in [3.8, 4) is 0 Å². The van der Waals surface area contributed by atoms with Gasteiger partial charge in [-0.05, 0) is 19.4 Å². The quantitative estimate of drug-likeness (QED) is 0.628. The first-order valence-corrected chi connectivity index (χ1v) is 6.17. The van der Waals surface area contributed by atoms with Crippen LogP contribution < -0.4 is 5.32 Å². The Bertz CT molecular complexity index is 410. The van der Waals surface area contributed by atoms with Crippen molar-refractivity contribution in [1.82, 2.24) is 10.3 Å². The Morgan fingerprint density at radius 2 is 2.17 bits per heavy atom. The maximum Gasteiger partial charge on any atom is 0.254 e. The van der Waals surface area contributed by atoms with E-state index in [1.54, 1.807) is 0 Å². The molecule has 0 aliphatic carbocycles. The van der Waals surface area contributed by atoms with Crippen molar-refractivity contribution in [3.05, 3.63) is 29.6 Å². The highest BCUT2D eigenvalue weighted by Gasteiger charge is 2.17. The van der Waals surface area contributed by atoms with Crippen LogP contribution in [0.5, 0.6) is 0 Å². The maximum atomic E-state index is 13.3. The number of amides is 1. The summed E-state index contributed by atoms with van der Waals surface area (Å²) >= 11 is 0. The molecule has 1 aromatic heterocycles. The number of carbonyl (C=O) groups is 1. The molecule has 0 spiro atoms. The van der Waals surface area contributed by atoms with Gasteiger partial charge < -0.3 is 5.32 Å². The van der Waals surface area contributed by atoms with Crippen LogP contribution in [0.4, 0.5) is 8.78 Å². The largest absolute Gasteiger partial charge is 0.349 e. The van der Waals surface area contributed by atoms with E-state index in [1.165, 1.54) is 6.07 Å². The molecule has 100 valence electrons. The third kappa shape index (κ3) is 4.05. The van der Waals surface area contributed by atoms with Crippen LogP contribution in [0.2, 0.25) is 0 Å². The predicted molar refractivity (Wildman–Crippen MR) is 65.2 cm³/mol. The molecule has 0 saturated carbocycles. The van der Waals surface area contributed by atoms with Gasteiger partial charge in [0.15, 0.2) is 5.82 Å². The first kappa shape index (κ1) is 14.5. The van der Waals surface area contributed by atoms with Crippen LogP contribution in [0.1, 0.15) is 49.9 Å². The van der Waals surface area contributed by atoms with Crippen LogP contribution in [0.3, 0.4) is 0 Å². The minimum atomic E-state index is -1.25. The lowest BCUT2D eigenvalue weighted by atomic mass is 10.1. The van der Waals surface area contributed by atoms with Crippen LogP contribution in [0, 0.1) is 11.8 Å². The molecule has 0 radical (unpaired) electrons. The Morgan fingerprint density at radius 1 is 1.44 bits per heavy atom. The van der Waals surface area contributed by atoms with Gasteiger partial charge in [0.1, 0.15) is 0 Å². The van der Waals surface area contributed by atoms with Gasteiger partial charge in [-0.1, -0.05) is 26.2 Å². The van der Waals surface area contributed by atoms with Gasteiger partial charge >= 0.3 is 0 Å². The third-order valence-electron chi connectivity index (χ3n) is 2.71. The number of aromatic nitrogens is 1. The summed E-state index contributed by atoms with van der Waals surface area (Å²) in [6.45, 7) is 3.95. The predicted octanol–water partition coefficient (Wildman–Crippen LogP) is 3.06. The van der Waals surface area contributed by atoms with Crippen LogP contribution in [-0.2, 0) is 0 Å². The number of halogens is 2. The highest BCUT2D eigenvalue weighted by atomic mass is 19.2. The minimum absolute atomic E-state index is 0.0559. The lowest BCUT2D eigenvalue weighted by Crippen LogP contribution is -2.33. The molecule has 0 saturated heterocycles. The molecule has 0 aromatic carbocycles. The summed E-state index contributed by atoms with van der Waals surface area (Å²) in [6, 6.07) is 1.12. The third-order valence-corrected chi connectivity index (χ3v) is 2.71. The van der Waals surface area contributed by atoms with Crippen molar-refractivity contribution < 1.29 is 13.6 Å². The van der Waals surface area contributed by atoms with Gasteiger partial charge in [0.25, 0.3) is 5.91 Å². The van der Waals surface area contributed by atoms with Crippen LogP contribution in [0.15, 0.2) is 12.3 Å². The van der Waals surface area contributed by atoms with Crippen molar-refractivity contribution in [2.45, 2.75) is 45.6 Å². The SMILES string of the molecule is CCCCCC(C)NC(=O)c1ccnc(F)c1F. The number of rotatable bonds is 6. The number of unbranched alkanes of at least 4 members (excludes halogenated alkanes) is 2. The highest BCUT2D eigenvalue weighted by molar-refractivity contribution is 5.94. The van der Waals surface area contributed by atoms with Crippen molar-refractivity contribution >= 4 is 5.91 Å². The molecule has 1 heterocycles. The molecular formula is C13H18F2N2O. The Balaban J connectivity index is 2.57. The molecule has 1 aromatic rings. The zero-order valence-electron chi connectivity index (χ0n) is 10.7. The summed E-state index contributed by atoms with van der Waals surface area (Å²) in [4.78, 5) is 14.9. The van der Waals surface area contributed by atoms with Crippen LogP contribution in [0.25, 0.3) is 0 Å². The normalized spacial score (nSPS) is 12.2. The lowest BCUT2D eigenvalue weighted by Gasteiger charge is -2.13. The molecule has 0 fully saturated rings. The molecule has 1 atom stereocenters. The van der Waals surface area contributed by atoms with E-state index in [9.17, 15) is 13.6 Å². The zero-order chi connectivity index (χ0) is 13.5. The molecule has 0 bridgehead atoms. The summed E-state index contributed by atoms with van der Waals surface area (Å²) < 4.78 is 26.2. The van der Waals surface area contributed by atoms with Crippen molar-refractivity contribution in [2.24, 2.45) is 0 Å². The molecule has 1 amide bonds. The molecule has 0 aliphatic heterocycles. The fraction of sp³-hybridized carbons (Fsp3) is 0.538. The van der Waals surface area contributed by atoms with E-state index >= 15 is 0 Å². The molecule has 18 heavy (non-hydrogen) atoms. The second-order valence-electron chi connectivity index (χ2n) is 4.33. The highest BCUT2D eigenvalue weighted by Crippen LogP contribution is 2.10. The van der Waals surface area contributed by atoms with Crippen molar-refractivity contribution in [1.29, 1.82) is 0 Å². The second-order valence-corrected chi connectivity index (χ2v) is 4.33. The van der Waals surface area contributed by atoms with Crippen LogP contribution >= 0.6 is 0 Å². The number of carbonyl (C=O) groups excluding carboxylic acids is 1.